The van der Waals surface area contributed by atoms with Crippen LogP contribution in [0.15, 0.2) is 42.5 Å². The highest BCUT2D eigenvalue weighted by Crippen LogP contribution is 2.25. The first-order valence-electron chi connectivity index (χ1n) is 10.1. The first kappa shape index (κ1) is 25.4. The fourth-order valence-corrected chi connectivity index (χ4v) is 4.05. The summed E-state index contributed by atoms with van der Waals surface area (Å²) in [6.07, 6.45) is 0.838. The second-order valence-electron chi connectivity index (χ2n) is 7.08. The predicted molar refractivity (Wildman–Crippen MR) is 129 cm³/mol. The minimum absolute atomic E-state index is 0.0972. The Morgan fingerprint density at radius 3 is 2.39 bits per heavy atom. The smallest absolute Gasteiger partial charge is 0.242 e. The van der Waals surface area contributed by atoms with E-state index in [1.54, 1.807) is 31.1 Å². The van der Waals surface area contributed by atoms with Crippen LogP contribution in [0.3, 0.4) is 0 Å². The number of rotatable bonds is 11. The van der Waals surface area contributed by atoms with E-state index in [1.807, 2.05) is 37.3 Å². The standard InChI is InChI=1S/C23H28Cl2N2O3S/c1-4-11-26-23(29)16(2)27(13-17-5-8-19(30-3)9-6-17)22(28)15-31-14-18-7-10-20(24)21(25)12-18/h5-10,12,16H,4,11,13-15H2,1-3H3,(H,26,29). The molecule has 0 bridgehead atoms. The van der Waals surface area contributed by atoms with Crippen LogP contribution in [0.25, 0.3) is 0 Å². The molecule has 8 heteroatoms. The van der Waals surface area contributed by atoms with Crippen molar-refractivity contribution in [3.8, 4) is 5.75 Å². The molecule has 0 aromatic heterocycles. The second-order valence-corrected chi connectivity index (χ2v) is 8.88. The van der Waals surface area contributed by atoms with Gasteiger partial charge in [-0.15, -0.1) is 11.8 Å². The number of amides is 2. The van der Waals surface area contributed by atoms with E-state index in [1.165, 1.54) is 11.8 Å². The average molecular weight is 483 g/mol. The second kappa shape index (κ2) is 12.8. The van der Waals surface area contributed by atoms with Crippen LogP contribution in [0.1, 0.15) is 31.4 Å². The van der Waals surface area contributed by atoms with Gasteiger partial charge >= 0.3 is 0 Å². The number of hydrogen-bond acceptors (Lipinski definition) is 4. The Morgan fingerprint density at radius 1 is 1.10 bits per heavy atom. The Labute approximate surface area is 198 Å². The Balaban J connectivity index is 2.06. The van der Waals surface area contributed by atoms with Gasteiger partial charge in [0.05, 0.1) is 22.9 Å². The molecule has 2 amide bonds. The zero-order valence-electron chi connectivity index (χ0n) is 18.0. The van der Waals surface area contributed by atoms with E-state index in [9.17, 15) is 9.59 Å². The monoisotopic (exact) mass is 482 g/mol. The number of carbonyl (C=O) groups is 2. The summed E-state index contributed by atoms with van der Waals surface area (Å²) in [5.74, 6) is 1.36. The number of benzene rings is 2. The molecule has 2 aromatic carbocycles. The van der Waals surface area contributed by atoms with E-state index < -0.39 is 6.04 Å². The molecule has 0 fully saturated rings. The molecule has 0 saturated carbocycles. The molecule has 1 atom stereocenters. The zero-order valence-corrected chi connectivity index (χ0v) is 20.3. The Kier molecular flexibility index (Phi) is 10.5. The summed E-state index contributed by atoms with van der Waals surface area (Å²) < 4.78 is 5.20. The number of nitrogens with zero attached hydrogens (tertiary/aromatic N) is 1. The summed E-state index contributed by atoms with van der Waals surface area (Å²) in [5.41, 5.74) is 1.92. The number of hydrogen-bond donors (Lipinski definition) is 1. The molecule has 0 aliphatic heterocycles. The number of halogens is 2. The molecule has 0 aliphatic carbocycles. The third-order valence-electron chi connectivity index (χ3n) is 4.71. The molecule has 0 aliphatic rings. The van der Waals surface area contributed by atoms with Crippen molar-refractivity contribution in [2.75, 3.05) is 19.4 Å². The van der Waals surface area contributed by atoms with E-state index in [0.29, 0.717) is 28.9 Å². The van der Waals surface area contributed by atoms with Crippen molar-refractivity contribution < 1.29 is 14.3 Å². The minimum Gasteiger partial charge on any atom is -0.497 e. The van der Waals surface area contributed by atoms with Gasteiger partial charge in [0.15, 0.2) is 0 Å². The largest absolute Gasteiger partial charge is 0.497 e. The van der Waals surface area contributed by atoms with E-state index in [-0.39, 0.29) is 17.6 Å². The van der Waals surface area contributed by atoms with Crippen molar-refractivity contribution in [2.45, 2.75) is 38.6 Å². The number of nitrogens with one attached hydrogen (secondary N) is 1. The van der Waals surface area contributed by atoms with Gasteiger partial charge < -0.3 is 15.0 Å². The van der Waals surface area contributed by atoms with E-state index in [2.05, 4.69) is 5.32 Å². The van der Waals surface area contributed by atoms with Gasteiger partial charge in [-0.05, 0) is 48.7 Å². The fourth-order valence-electron chi connectivity index (χ4n) is 2.87. The summed E-state index contributed by atoms with van der Waals surface area (Å²) in [5, 5.41) is 3.88. The lowest BCUT2D eigenvalue weighted by atomic mass is 10.1. The van der Waals surface area contributed by atoms with Gasteiger partial charge in [-0.3, -0.25) is 9.59 Å². The molecule has 1 N–H and O–H groups in total. The topological polar surface area (TPSA) is 58.6 Å². The van der Waals surface area contributed by atoms with Gasteiger partial charge in [-0.25, -0.2) is 0 Å². The number of thioether (sulfide) groups is 1. The van der Waals surface area contributed by atoms with Gasteiger partial charge in [0.25, 0.3) is 0 Å². The van der Waals surface area contributed by atoms with Crippen LogP contribution >= 0.6 is 35.0 Å². The maximum Gasteiger partial charge on any atom is 0.242 e. The van der Waals surface area contributed by atoms with Gasteiger partial charge in [0.1, 0.15) is 11.8 Å². The lowest BCUT2D eigenvalue weighted by molar-refractivity contribution is -0.138. The normalized spacial score (nSPS) is 11.6. The Morgan fingerprint density at radius 2 is 1.77 bits per heavy atom. The van der Waals surface area contributed by atoms with Crippen LogP contribution in [0.5, 0.6) is 5.75 Å². The molecule has 31 heavy (non-hydrogen) atoms. The number of methoxy groups -OCH3 is 1. The van der Waals surface area contributed by atoms with Crippen LogP contribution in [0, 0.1) is 0 Å². The van der Waals surface area contributed by atoms with E-state index in [4.69, 9.17) is 27.9 Å². The molecule has 2 rings (SSSR count). The number of ether oxygens (including phenoxy) is 1. The lowest BCUT2D eigenvalue weighted by Crippen LogP contribution is -2.48. The minimum atomic E-state index is -0.577. The van der Waals surface area contributed by atoms with Gasteiger partial charge in [-0.1, -0.05) is 48.3 Å². The van der Waals surface area contributed by atoms with Crippen LogP contribution in [0.4, 0.5) is 0 Å². The average Bonchev–Trinajstić information content (AvgIpc) is 2.78. The zero-order chi connectivity index (χ0) is 22.8. The van der Waals surface area contributed by atoms with Crippen molar-refractivity contribution in [3.63, 3.8) is 0 Å². The molecular weight excluding hydrogens is 455 g/mol. The van der Waals surface area contributed by atoms with Crippen LogP contribution in [0.2, 0.25) is 10.0 Å². The summed E-state index contributed by atoms with van der Waals surface area (Å²) in [4.78, 5) is 27.2. The predicted octanol–water partition coefficient (Wildman–Crippen LogP) is 5.18. The van der Waals surface area contributed by atoms with Gasteiger partial charge in [0.2, 0.25) is 11.8 Å². The Hall–Kier alpha value is -1.89. The Bertz CT molecular complexity index is 878. The maximum absolute atomic E-state index is 13.1. The van der Waals surface area contributed by atoms with Crippen molar-refractivity contribution in [2.24, 2.45) is 0 Å². The molecule has 1 unspecified atom stereocenters. The molecule has 0 saturated heterocycles. The van der Waals surface area contributed by atoms with Crippen LogP contribution < -0.4 is 10.1 Å². The maximum atomic E-state index is 13.1. The van der Waals surface area contributed by atoms with Gasteiger partial charge in [0, 0.05) is 18.8 Å². The molecular formula is C23H28Cl2N2O3S. The molecule has 0 spiro atoms. The molecule has 5 nitrogen and oxygen atoms in total. The molecule has 168 valence electrons. The van der Waals surface area contributed by atoms with Crippen LogP contribution in [-0.4, -0.2) is 42.2 Å². The van der Waals surface area contributed by atoms with E-state index >= 15 is 0 Å². The lowest BCUT2D eigenvalue weighted by Gasteiger charge is -2.28. The molecule has 2 aromatic rings. The SMILES string of the molecule is CCCNC(=O)C(C)N(Cc1ccc(OC)cc1)C(=O)CSCc1ccc(Cl)c(Cl)c1. The van der Waals surface area contributed by atoms with Crippen molar-refractivity contribution >= 4 is 46.8 Å². The molecule has 0 heterocycles. The van der Waals surface area contributed by atoms with Crippen molar-refractivity contribution in [1.29, 1.82) is 0 Å². The fraction of sp³-hybridized carbons (Fsp3) is 0.391. The highest BCUT2D eigenvalue weighted by Gasteiger charge is 2.25. The van der Waals surface area contributed by atoms with Crippen LogP contribution in [-0.2, 0) is 21.9 Å². The third kappa shape index (κ3) is 7.95. The van der Waals surface area contributed by atoms with Crippen molar-refractivity contribution in [3.05, 3.63) is 63.6 Å². The van der Waals surface area contributed by atoms with Gasteiger partial charge in [-0.2, -0.15) is 0 Å². The first-order chi connectivity index (χ1) is 14.8. The molecule has 0 radical (unpaired) electrons. The summed E-state index contributed by atoms with van der Waals surface area (Å²) in [6.45, 7) is 4.68. The number of carbonyl (C=O) groups excluding carboxylic acids is 2. The summed E-state index contributed by atoms with van der Waals surface area (Å²) in [6, 6.07) is 12.4. The summed E-state index contributed by atoms with van der Waals surface area (Å²) in [7, 11) is 1.61. The quantitative estimate of drug-likeness (QED) is 0.479. The summed E-state index contributed by atoms with van der Waals surface area (Å²) >= 11 is 13.5. The van der Waals surface area contributed by atoms with Crippen molar-refractivity contribution in [1.82, 2.24) is 10.2 Å². The third-order valence-corrected chi connectivity index (χ3v) is 6.43. The first-order valence-corrected chi connectivity index (χ1v) is 12.0. The highest BCUT2D eigenvalue weighted by atomic mass is 35.5. The van der Waals surface area contributed by atoms with E-state index in [0.717, 1.165) is 23.3 Å². The highest BCUT2D eigenvalue weighted by molar-refractivity contribution is 7.99.